The van der Waals surface area contributed by atoms with Gasteiger partial charge in [-0.3, -0.25) is 4.99 Å². The molecule has 2 saturated heterocycles. The van der Waals surface area contributed by atoms with Crippen LogP contribution in [0.25, 0.3) is 0 Å². The first-order valence-electron chi connectivity index (χ1n) is 9.38. The van der Waals surface area contributed by atoms with Gasteiger partial charge < -0.3 is 20.0 Å². The van der Waals surface area contributed by atoms with E-state index in [2.05, 4.69) is 34.0 Å². The summed E-state index contributed by atoms with van der Waals surface area (Å²) < 4.78 is 13.1. The Hall–Kier alpha value is -1.09. The SMILES string of the molecule is CCNC(=NCC1CCN(C)C1)N1CCN(c2ccc(F)cc2)CC1.I. The molecule has 1 aromatic carbocycles. The highest BCUT2D eigenvalue weighted by atomic mass is 127. The van der Waals surface area contributed by atoms with Gasteiger partial charge >= 0.3 is 0 Å². The van der Waals surface area contributed by atoms with E-state index in [0.717, 1.165) is 57.5 Å². The Morgan fingerprint density at radius 1 is 1.15 bits per heavy atom. The number of guanidine groups is 1. The number of anilines is 1. The van der Waals surface area contributed by atoms with E-state index in [4.69, 9.17) is 4.99 Å². The molecule has 5 nitrogen and oxygen atoms in total. The normalized spacial score (nSPS) is 21.7. The summed E-state index contributed by atoms with van der Waals surface area (Å²) in [5.74, 6) is 1.54. The molecule has 1 N–H and O–H groups in total. The number of hydrogen-bond acceptors (Lipinski definition) is 3. The fraction of sp³-hybridized carbons (Fsp3) is 0.632. The highest BCUT2D eigenvalue weighted by Crippen LogP contribution is 2.18. The molecule has 1 aromatic rings. The first kappa shape index (κ1) is 21.2. The molecule has 0 amide bonds. The average Bonchev–Trinajstić information content (AvgIpc) is 3.05. The zero-order chi connectivity index (χ0) is 17.6. The highest BCUT2D eigenvalue weighted by molar-refractivity contribution is 14.0. The van der Waals surface area contributed by atoms with Crippen LogP contribution in [-0.4, -0.2) is 75.2 Å². The van der Waals surface area contributed by atoms with Crippen LogP contribution in [-0.2, 0) is 0 Å². The smallest absolute Gasteiger partial charge is 0.194 e. The van der Waals surface area contributed by atoms with Crippen molar-refractivity contribution in [3.05, 3.63) is 30.1 Å². The Kier molecular flexibility index (Phi) is 8.40. The van der Waals surface area contributed by atoms with Crippen molar-refractivity contribution in [2.24, 2.45) is 10.9 Å². The lowest BCUT2D eigenvalue weighted by Gasteiger charge is -2.37. The predicted molar refractivity (Wildman–Crippen MR) is 117 cm³/mol. The van der Waals surface area contributed by atoms with E-state index in [1.165, 1.54) is 25.1 Å². The summed E-state index contributed by atoms with van der Waals surface area (Å²) in [6.45, 7) is 10.0. The molecule has 26 heavy (non-hydrogen) atoms. The van der Waals surface area contributed by atoms with Gasteiger partial charge in [-0.25, -0.2) is 4.39 Å². The lowest BCUT2D eigenvalue weighted by molar-refractivity contribution is 0.369. The Labute approximate surface area is 173 Å². The van der Waals surface area contributed by atoms with Crippen LogP contribution in [0.4, 0.5) is 10.1 Å². The van der Waals surface area contributed by atoms with E-state index in [9.17, 15) is 4.39 Å². The van der Waals surface area contributed by atoms with E-state index in [0.29, 0.717) is 5.92 Å². The van der Waals surface area contributed by atoms with Crippen molar-refractivity contribution in [3.63, 3.8) is 0 Å². The van der Waals surface area contributed by atoms with Crippen LogP contribution in [0.5, 0.6) is 0 Å². The first-order valence-corrected chi connectivity index (χ1v) is 9.38. The van der Waals surface area contributed by atoms with Crippen LogP contribution in [0.3, 0.4) is 0 Å². The van der Waals surface area contributed by atoms with Gasteiger partial charge in [0.15, 0.2) is 5.96 Å². The van der Waals surface area contributed by atoms with Gasteiger partial charge in [0, 0.05) is 51.5 Å². The molecule has 2 aliphatic heterocycles. The summed E-state index contributed by atoms with van der Waals surface area (Å²) in [4.78, 5) is 11.9. The molecule has 3 rings (SSSR count). The van der Waals surface area contributed by atoms with Gasteiger partial charge in [0.2, 0.25) is 0 Å². The zero-order valence-electron chi connectivity index (χ0n) is 15.8. The molecule has 2 aliphatic rings. The van der Waals surface area contributed by atoms with E-state index in [1.54, 1.807) is 0 Å². The quantitative estimate of drug-likeness (QED) is 0.413. The van der Waals surface area contributed by atoms with Crippen molar-refractivity contribution in [2.75, 3.05) is 64.3 Å². The van der Waals surface area contributed by atoms with Crippen LogP contribution >= 0.6 is 24.0 Å². The fourth-order valence-corrected chi connectivity index (χ4v) is 3.65. The zero-order valence-corrected chi connectivity index (χ0v) is 18.2. The van der Waals surface area contributed by atoms with Gasteiger partial charge in [0.25, 0.3) is 0 Å². The molecule has 0 saturated carbocycles. The third-order valence-corrected chi connectivity index (χ3v) is 5.09. The number of nitrogens with zero attached hydrogens (tertiary/aromatic N) is 4. The predicted octanol–water partition coefficient (Wildman–Crippen LogP) is 2.48. The highest BCUT2D eigenvalue weighted by Gasteiger charge is 2.22. The van der Waals surface area contributed by atoms with Crippen LogP contribution in [0.1, 0.15) is 13.3 Å². The molecule has 2 heterocycles. The molecule has 7 heteroatoms. The number of likely N-dealkylation sites (tertiary alicyclic amines) is 1. The maximum atomic E-state index is 13.1. The number of rotatable bonds is 4. The second-order valence-electron chi connectivity index (χ2n) is 7.06. The lowest BCUT2D eigenvalue weighted by Crippen LogP contribution is -2.52. The minimum absolute atomic E-state index is 0. The number of halogens is 2. The van der Waals surface area contributed by atoms with Crippen LogP contribution in [0.2, 0.25) is 0 Å². The van der Waals surface area contributed by atoms with Crippen molar-refractivity contribution >= 4 is 35.6 Å². The van der Waals surface area contributed by atoms with Crippen molar-refractivity contribution < 1.29 is 4.39 Å². The Morgan fingerprint density at radius 3 is 2.42 bits per heavy atom. The molecule has 0 aromatic heterocycles. The molecular formula is C19H31FIN5. The van der Waals surface area contributed by atoms with Crippen molar-refractivity contribution in [1.82, 2.24) is 15.1 Å². The number of aliphatic imine (C=N–C) groups is 1. The third kappa shape index (κ3) is 5.70. The Morgan fingerprint density at radius 2 is 1.85 bits per heavy atom. The van der Waals surface area contributed by atoms with Gasteiger partial charge in [0.1, 0.15) is 5.82 Å². The molecule has 0 radical (unpaired) electrons. The second kappa shape index (κ2) is 10.3. The van der Waals surface area contributed by atoms with Crippen LogP contribution < -0.4 is 10.2 Å². The van der Waals surface area contributed by atoms with Gasteiger partial charge in [-0.15, -0.1) is 24.0 Å². The van der Waals surface area contributed by atoms with E-state index >= 15 is 0 Å². The van der Waals surface area contributed by atoms with Gasteiger partial charge in [0.05, 0.1) is 0 Å². The average molecular weight is 475 g/mol. The molecular weight excluding hydrogens is 444 g/mol. The van der Waals surface area contributed by atoms with Gasteiger partial charge in [-0.05, 0) is 57.1 Å². The lowest BCUT2D eigenvalue weighted by atomic mass is 10.1. The summed E-state index contributed by atoms with van der Waals surface area (Å²) in [6, 6.07) is 6.79. The van der Waals surface area contributed by atoms with Crippen molar-refractivity contribution in [2.45, 2.75) is 13.3 Å². The maximum absolute atomic E-state index is 13.1. The molecule has 1 atom stereocenters. The topological polar surface area (TPSA) is 34.1 Å². The van der Waals surface area contributed by atoms with Crippen LogP contribution in [0, 0.1) is 11.7 Å². The Balaban J connectivity index is 0.00000243. The summed E-state index contributed by atoms with van der Waals surface area (Å²) >= 11 is 0. The molecule has 2 fully saturated rings. The first-order chi connectivity index (χ1) is 12.2. The van der Waals surface area contributed by atoms with Crippen molar-refractivity contribution in [1.29, 1.82) is 0 Å². The van der Waals surface area contributed by atoms with E-state index < -0.39 is 0 Å². The van der Waals surface area contributed by atoms with E-state index in [1.807, 2.05) is 12.1 Å². The monoisotopic (exact) mass is 475 g/mol. The standard InChI is InChI=1S/C19H30FN5.HI/c1-3-21-19(22-14-16-8-9-23(2)15-16)25-12-10-24(11-13-25)18-6-4-17(20)5-7-18;/h4-7,16H,3,8-15H2,1-2H3,(H,21,22);1H. The van der Waals surface area contributed by atoms with Crippen LogP contribution in [0.15, 0.2) is 29.3 Å². The third-order valence-electron chi connectivity index (χ3n) is 5.09. The summed E-state index contributed by atoms with van der Waals surface area (Å²) in [6.07, 6.45) is 1.25. The van der Waals surface area contributed by atoms with Gasteiger partial charge in [-0.2, -0.15) is 0 Å². The fourth-order valence-electron chi connectivity index (χ4n) is 3.65. The molecule has 0 spiro atoms. The number of piperazine rings is 1. The molecule has 146 valence electrons. The minimum Gasteiger partial charge on any atom is -0.368 e. The van der Waals surface area contributed by atoms with Crippen molar-refractivity contribution in [3.8, 4) is 0 Å². The summed E-state index contributed by atoms with van der Waals surface area (Å²) in [5.41, 5.74) is 1.09. The molecule has 0 bridgehead atoms. The summed E-state index contributed by atoms with van der Waals surface area (Å²) in [5, 5.41) is 3.44. The Bertz CT molecular complexity index is 572. The van der Waals surface area contributed by atoms with Gasteiger partial charge in [-0.1, -0.05) is 0 Å². The molecule has 1 unspecified atom stereocenters. The maximum Gasteiger partial charge on any atom is 0.194 e. The number of benzene rings is 1. The number of hydrogen-bond donors (Lipinski definition) is 1. The molecule has 0 aliphatic carbocycles. The minimum atomic E-state index is -0.179. The van der Waals surface area contributed by atoms with E-state index in [-0.39, 0.29) is 29.8 Å². The number of nitrogens with one attached hydrogen (secondary N) is 1. The summed E-state index contributed by atoms with van der Waals surface area (Å²) in [7, 11) is 2.18. The largest absolute Gasteiger partial charge is 0.368 e. The second-order valence-corrected chi connectivity index (χ2v) is 7.06.